The lowest BCUT2D eigenvalue weighted by molar-refractivity contribution is 0.102. The normalized spacial score (nSPS) is 10.2. The first-order valence-corrected chi connectivity index (χ1v) is 8.24. The third-order valence-corrected chi connectivity index (χ3v) is 3.50. The van der Waals surface area contributed by atoms with Crippen molar-refractivity contribution >= 4 is 17.4 Å². The van der Waals surface area contributed by atoms with Crippen LogP contribution in [0.15, 0.2) is 61.1 Å². The van der Waals surface area contributed by atoms with Crippen LogP contribution in [0.5, 0.6) is 5.75 Å². The molecule has 0 unspecified atom stereocenters. The van der Waals surface area contributed by atoms with E-state index in [4.69, 9.17) is 4.74 Å². The van der Waals surface area contributed by atoms with E-state index < -0.39 is 0 Å². The molecular weight excluding hydrogens is 330 g/mol. The predicted octanol–water partition coefficient (Wildman–Crippen LogP) is 3.13. The van der Waals surface area contributed by atoms with Crippen LogP contribution < -0.4 is 15.4 Å². The first-order chi connectivity index (χ1) is 12.7. The van der Waals surface area contributed by atoms with Crippen LogP contribution in [-0.2, 0) is 6.54 Å². The second-order valence-corrected chi connectivity index (χ2v) is 5.37. The van der Waals surface area contributed by atoms with Gasteiger partial charge in [-0.25, -0.2) is 9.97 Å². The highest BCUT2D eigenvalue weighted by atomic mass is 16.5. The minimum atomic E-state index is -0.308. The molecule has 0 spiro atoms. The lowest BCUT2D eigenvalue weighted by Crippen LogP contribution is -2.14. The maximum Gasteiger partial charge on any atom is 0.274 e. The number of amides is 1. The van der Waals surface area contributed by atoms with E-state index in [-0.39, 0.29) is 11.6 Å². The first-order valence-electron chi connectivity index (χ1n) is 8.24. The van der Waals surface area contributed by atoms with Gasteiger partial charge in [0.05, 0.1) is 18.8 Å². The SMILES string of the molecule is CCOc1ccc(NC(=O)c2cc(NCc3ccccn3)ncn2)cc1. The molecule has 0 saturated heterocycles. The van der Waals surface area contributed by atoms with Gasteiger partial charge in [0.1, 0.15) is 23.6 Å². The zero-order valence-corrected chi connectivity index (χ0v) is 14.3. The van der Waals surface area contributed by atoms with Gasteiger partial charge in [0.25, 0.3) is 5.91 Å². The summed E-state index contributed by atoms with van der Waals surface area (Å²) in [5.41, 5.74) is 1.82. The zero-order valence-electron chi connectivity index (χ0n) is 14.3. The second kappa shape index (κ2) is 8.57. The van der Waals surface area contributed by atoms with Gasteiger partial charge < -0.3 is 15.4 Å². The Bertz CT molecular complexity index is 853. The van der Waals surface area contributed by atoms with Gasteiger partial charge in [-0.15, -0.1) is 0 Å². The fraction of sp³-hybridized carbons (Fsp3) is 0.158. The Morgan fingerprint density at radius 3 is 2.65 bits per heavy atom. The molecule has 0 bridgehead atoms. The smallest absolute Gasteiger partial charge is 0.274 e. The van der Waals surface area contributed by atoms with Crippen LogP contribution in [0.25, 0.3) is 0 Å². The third-order valence-electron chi connectivity index (χ3n) is 3.50. The van der Waals surface area contributed by atoms with Crippen LogP contribution in [-0.4, -0.2) is 27.5 Å². The monoisotopic (exact) mass is 349 g/mol. The molecule has 0 aliphatic rings. The largest absolute Gasteiger partial charge is 0.494 e. The van der Waals surface area contributed by atoms with Crippen molar-refractivity contribution in [3.05, 3.63) is 72.4 Å². The molecule has 2 N–H and O–H groups in total. The highest BCUT2D eigenvalue weighted by molar-refractivity contribution is 6.03. The summed E-state index contributed by atoms with van der Waals surface area (Å²) < 4.78 is 5.38. The molecule has 3 rings (SSSR count). The molecule has 0 atom stereocenters. The van der Waals surface area contributed by atoms with E-state index in [9.17, 15) is 4.79 Å². The summed E-state index contributed by atoms with van der Waals surface area (Å²) in [5, 5.41) is 5.94. The van der Waals surface area contributed by atoms with Crippen LogP contribution in [0.4, 0.5) is 11.5 Å². The van der Waals surface area contributed by atoms with Crippen molar-refractivity contribution < 1.29 is 9.53 Å². The Hall–Kier alpha value is -3.48. The van der Waals surface area contributed by atoms with E-state index in [1.807, 2.05) is 25.1 Å². The summed E-state index contributed by atoms with van der Waals surface area (Å²) in [5.74, 6) is 1.01. The summed E-state index contributed by atoms with van der Waals surface area (Å²) in [7, 11) is 0. The topological polar surface area (TPSA) is 89.0 Å². The van der Waals surface area contributed by atoms with Gasteiger partial charge in [0, 0.05) is 18.0 Å². The van der Waals surface area contributed by atoms with Crippen molar-refractivity contribution in [1.29, 1.82) is 0 Å². The van der Waals surface area contributed by atoms with E-state index >= 15 is 0 Å². The van der Waals surface area contributed by atoms with Crippen molar-refractivity contribution in [2.45, 2.75) is 13.5 Å². The number of nitrogens with one attached hydrogen (secondary N) is 2. The fourth-order valence-electron chi connectivity index (χ4n) is 2.26. The summed E-state index contributed by atoms with van der Waals surface area (Å²) in [6.07, 6.45) is 3.08. The molecule has 0 saturated carbocycles. The molecule has 0 fully saturated rings. The van der Waals surface area contributed by atoms with Gasteiger partial charge in [0.15, 0.2) is 0 Å². The number of hydrogen-bond acceptors (Lipinski definition) is 6. The van der Waals surface area contributed by atoms with Crippen LogP contribution in [0.1, 0.15) is 23.1 Å². The third kappa shape index (κ3) is 4.76. The summed E-state index contributed by atoms with van der Waals surface area (Å²) in [4.78, 5) is 24.8. The Labute approximate surface area is 151 Å². The fourth-order valence-corrected chi connectivity index (χ4v) is 2.26. The van der Waals surface area contributed by atoms with E-state index in [0.717, 1.165) is 11.4 Å². The first kappa shape index (κ1) is 17.3. The number of ether oxygens (including phenoxy) is 1. The molecule has 26 heavy (non-hydrogen) atoms. The van der Waals surface area contributed by atoms with Crippen LogP contribution in [0.3, 0.4) is 0 Å². The number of anilines is 2. The maximum absolute atomic E-state index is 12.4. The lowest BCUT2D eigenvalue weighted by atomic mass is 10.3. The molecule has 7 heteroatoms. The van der Waals surface area contributed by atoms with Crippen molar-refractivity contribution in [3.63, 3.8) is 0 Å². The maximum atomic E-state index is 12.4. The Balaban J connectivity index is 1.62. The van der Waals surface area contributed by atoms with Gasteiger partial charge >= 0.3 is 0 Å². The predicted molar refractivity (Wildman–Crippen MR) is 99.2 cm³/mol. The van der Waals surface area contributed by atoms with Gasteiger partial charge in [-0.1, -0.05) is 6.07 Å². The molecule has 2 aromatic heterocycles. The Morgan fingerprint density at radius 2 is 1.92 bits per heavy atom. The average molecular weight is 349 g/mol. The molecule has 1 amide bonds. The number of hydrogen-bond donors (Lipinski definition) is 2. The summed E-state index contributed by atoms with van der Waals surface area (Å²) in [6.45, 7) is 3.03. The van der Waals surface area contributed by atoms with E-state index in [0.29, 0.717) is 24.7 Å². The molecule has 0 aliphatic carbocycles. The molecule has 132 valence electrons. The second-order valence-electron chi connectivity index (χ2n) is 5.37. The van der Waals surface area contributed by atoms with E-state index in [1.165, 1.54) is 6.33 Å². The van der Waals surface area contributed by atoms with Gasteiger partial charge in [-0.2, -0.15) is 0 Å². The standard InChI is InChI=1S/C19H19N5O2/c1-2-26-16-8-6-14(7-9-16)24-19(25)17-11-18(23-13-22-17)21-12-15-5-3-4-10-20-15/h3-11,13H,2,12H2,1H3,(H,24,25)(H,21,22,23). The number of pyridine rings is 1. The highest BCUT2D eigenvalue weighted by Gasteiger charge is 2.09. The summed E-state index contributed by atoms with van der Waals surface area (Å²) >= 11 is 0. The molecular formula is C19H19N5O2. The van der Waals surface area contributed by atoms with Crippen LogP contribution in [0.2, 0.25) is 0 Å². The van der Waals surface area contributed by atoms with E-state index in [2.05, 4.69) is 25.6 Å². The molecule has 3 aromatic rings. The molecule has 0 radical (unpaired) electrons. The lowest BCUT2D eigenvalue weighted by Gasteiger charge is -2.08. The number of rotatable bonds is 7. The van der Waals surface area contributed by atoms with Crippen LogP contribution in [0, 0.1) is 0 Å². The molecule has 7 nitrogen and oxygen atoms in total. The van der Waals surface area contributed by atoms with E-state index in [1.54, 1.807) is 36.5 Å². The Kier molecular flexibility index (Phi) is 5.72. The number of carbonyl (C=O) groups is 1. The highest BCUT2D eigenvalue weighted by Crippen LogP contribution is 2.16. The van der Waals surface area contributed by atoms with Crippen molar-refractivity contribution in [3.8, 4) is 5.75 Å². The van der Waals surface area contributed by atoms with Crippen molar-refractivity contribution in [1.82, 2.24) is 15.0 Å². The molecule has 0 aliphatic heterocycles. The molecule has 1 aromatic carbocycles. The quantitative estimate of drug-likeness (QED) is 0.681. The number of carbonyl (C=O) groups excluding carboxylic acids is 1. The molecule has 2 heterocycles. The van der Waals surface area contributed by atoms with Gasteiger partial charge in [-0.05, 0) is 43.3 Å². The van der Waals surface area contributed by atoms with Crippen LogP contribution >= 0.6 is 0 Å². The Morgan fingerprint density at radius 1 is 1.08 bits per heavy atom. The van der Waals surface area contributed by atoms with Gasteiger partial charge in [-0.3, -0.25) is 9.78 Å². The van der Waals surface area contributed by atoms with Crippen molar-refractivity contribution in [2.24, 2.45) is 0 Å². The minimum Gasteiger partial charge on any atom is -0.494 e. The minimum absolute atomic E-state index is 0.275. The number of aromatic nitrogens is 3. The number of nitrogens with zero attached hydrogens (tertiary/aromatic N) is 3. The number of benzene rings is 1. The zero-order chi connectivity index (χ0) is 18.2. The average Bonchev–Trinajstić information content (AvgIpc) is 2.69. The van der Waals surface area contributed by atoms with Crippen molar-refractivity contribution in [2.75, 3.05) is 17.2 Å². The summed E-state index contributed by atoms with van der Waals surface area (Å²) in [6, 6.07) is 14.5. The van der Waals surface area contributed by atoms with Gasteiger partial charge in [0.2, 0.25) is 0 Å².